The number of hydrogen-bond acceptors (Lipinski definition) is 7. The van der Waals surface area contributed by atoms with Crippen molar-refractivity contribution < 1.29 is 19.0 Å². The van der Waals surface area contributed by atoms with Crippen LogP contribution in [0.25, 0.3) is 5.57 Å². The lowest BCUT2D eigenvalue weighted by Crippen LogP contribution is -2.27. The van der Waals surface area contributed by atoms with Crippen molar-refractivity contribution in [2.24, 2.45) is 5.41 Å². The van der Waals surface area contributed by atoms with Gasteiger partial charge in [-0.05, 0) is 56.0 Å². The van der Waals surface area contributed by atoms with E-state index in [9.17, 15) is 10.1 Å². The van der Waals surface area contributed by atoms with E-state index in [0.717, 1.165) is 24.1 Å². The molecule has 1 amide bonds. The summed E-state index contributed by atoms with van der Waals surface area (Å²) in [4.78, 5) is 14.9. The number of benzene rings is 1. The highest BCUT2D eigenvalue weighted by molar-refractivity contribution is 6.11. The molecule has 0 saturated heterocycles. The van der Waals surface area contributed by atoms with Crippen LogP contribution in [-0.2, 0) is 4.74 Å². The van der Waals surface area contributed by atoms with E-state index in [4.69, 9.17) is 19.6 Å². The molecule has 0 unspecified atom stereocenters. The van der Waals surface area contributed by atoms with Crippen LogP contribution in [0.5, 0.6) is 11.5 Å². The Morgan fingerprint density at radius 3 is 2.53 bits per heavy atom. The Morgan fingerprint density at radius 2 is 1.97 bits per heavy atom. The van der Waals surface area contributed by atoms with Gasteiger partial charge in [0.05, 0.1) is 25.2 Å². The molecule has 0 radical (unpaired) electrons. The normalized spacial score (nSPS) is 16.9. The SMILES string of the molecule is COCCOc1cc(/C(C=N)=C2\C=CC(C(C)(C)C#N)=CN2C)cc(OC)c1C(=O)NC1CC1. The molecule has 1 aromatic rings. The number of rotatable bonds is 10. The topological polar surface area (TPSA) is 108 Å². The first-order valence-electron chi connectivity index (χ1n) is 11.2. The molecule has 0 aromatic heterocycles. The van der Waals surface area contributed by atoms with Gasteiger partial charge in [-0.25, -0.2) is 0 Å². The van der Waals surface area contributed by atoms with E-state index in [1.165, 1.54) is 13.3 Å². The quantitative estimate of drug-likeness (QED) is 0.402. The van der Waals surface area contributed by atoms with Crippen LogP contribution in [0.3, 0.4) is 0 Å². The molecule has 2 N–H and O–H groups in total. The molecule has 1 saturated carbocycles. The second-order valence-electron chi connectivity index (χ2n) is 8.85. The van der Waals surface area contributed by atoms with Crippen molar-refractivity contribution in [3.63, 3.8) is 0 Å². The van der Waals surface area contributed by atoms with Crippen molar-refractivity contribution in [1.82, 2.24) is 10.2 Å². The summed E-state index contributed by atoms with van der Waals surface area (Å²) < 4.78 is 16.6. The Hall–Kier alpha value is -3.57. The van der Waals surface area contributed by atoms with Gasteiger partial charge >= 0.3 is 0 Å². The number of carbonyl (C=O) groups excluding carboxylic acids is 1. The molecule has 0 spiro atoms. The highest BCUT2D eigenvalue weighted by Gasteiger charge is 2.29. The van der Waals surface area contributed by atoms with E-state index < -0.39 is 5.41 Å². The molecule has 2 aliphatic rings. The summed E-state index contributed by atoms with van der Waals surface area (Å²) in [6.45, 7) is 4.35. The Morgan fingerprint density at radius 1 is 1.26 bits per heavy atom. The number of amides is 1. The molecule has 1 heterocycles. The number of nitriles is 1. The number of nitrogens with one attached hydrogen (secondary N) is 2. The number of allylic oxidation sites excluding steroid dienone is 4. The zero-order valence-corrected chi connectivity index (χ0v) is 20.4. The minimum absolute atomic E-state index is 0.183. The summed E-state index contributed by atoms with van der Waals surface area (Å²) in [5, 5.41) is 20.6. The third-order valence-corrected chi connectivity index (χ3v) is 5.84. The summed E-state index contributed by atoms with van der Waals surface area (Å²) >= 11 is 0. The first kappa shape index (κ1) is 25.1. The predicted octanol–water partition coefficient (Wildman–Crippen LogP) is 3.91. The minimum atomic E-state index is -0.636. The monoisotopic (exact) mass is 464 g/mol. The standard InChI is InChI=1S/C26H32N4O4/c1-26(2,16-28)18-6-9-21(30(3)15-18)20(14-27)17-12-22(33-5)24(25(31)29-19-7-8-19)23(13-17)34-11-10-32-4/h6,9,12-15,19,27H,7-8,10-11H2,1-5H3,(H,29,31)/b21-20+,27-14?. The van der Waals surface area contributed by atoms with Gasteiger partial charge in [0.1, 0.15) is 23.7 Å². The van der Waals surface area contributed by atoms with Crippen molar-refractivity contribution >= 4 is 17.7 Å². The Bertz CT molecular complexity index is 1090. The van der Waals surface area contributed by atoms with Gasteiger partial charge in [0, 0.05) is 43.9 Å². The Kier molecular flexibility index (Phi) is 7.79. The average Bonchev–Trinajstić information content (AvgIpc) is 3.64. The van der Waals surface area contributed by atoms with E-state index in [1.807, 2.05) is 44.1 Å². The smallest absolute Gasteiger partial charge is 0.259 e. The zero-order valence-electron chi connectivity index (χ0n) is 20.4. The molecule has 1 aliphatic heterocycles. The number of likely N-dealkylation sites (N-methyl/N-ethyl adjacent to an activating group) is 1. The lowest BCUT2D eigenvalue weighted by Gasteiger charge is -2.28. The third kappa shape index (κ3) is 5.49. The molecule has 3 rings (SSSR count). The van der Waals surface area contributed by atoms with Crippen LogP contribution in [0.2, 0.25) is 0 Å². The third-order valence-electron chi connectivity index (χ3n) is 5.84. The van der Waals surface area contributed by atoms with E-state index >= 15 is 0 Å². The van der Waals surface area contributed by atoms with Crippen LogP contribution >= 0.6 is 0 Å². The summed E-state index contributed by atoms with van der Waals surface area (Å²) in [5.41, 5.74) is 2.63. The lowest BCUT2D eigenvalue weighted by atomic mass is 9.84. The van der Waals surface area contributed by atoms with Crippen LogP contribution in [-0.4, -0.2) is 57.5 Å². The van der Waals surface area contributed by atoms with Crippen LogP contribution in [0, 0.1) is 22.2 Å². The molecule has 8 nitrogen and oxygen atoms in total. The minimum Gasteiger partial charge on any atom is -0.496 e. The van der Waals surface area contributed by atoms with E-state index in [-0.39, 0.29) is 18.6 Å². The van der Waals surface area contributed by atoms with Crippen molar-refractivity contribution in [3.05, 3.63) is 52.9 Å². The van der Waals surface area contributed by atoms with Gasteiger partial charge in [-0.1, -0.05) is 6.08 Å². The maximum Gasteiger partial charge on any atom is 0.259 e. The molecule has 8 heteroatoms. The van der Waals surface area contributed by atoms with Gasteiger partial charge in [0.2, 0.25) is 0 Å². The second kappa shape index (κ2) is 10.6. The van der Waals surface area contributed by atoms with Crippen molar-refractivity contribution in [1.29, 1.82) is 10.7 Å². The number of carbonyl (C=O) groups is 1. The molecule has 0 atom stereocenters. The number of methoxy groups -OCH3 is 2. The number of hydrogen-bond donors (Lipinski definition) is 2. The number of nitrogens with zero attached hydrogens (tertiary/aromatic N) is 2. The molecule has 1 aromatic carbocycles. The summed E-state index contributed by atoms with van der Waals surface area (Å²) in [6.07, 6.45) is 8.88. The maximum atomic E-state index is 13.0. The average molecular weight is 465 g/mol. The summed E-state index contributed by atoms with van der Waals surface area (Å²) in [7, 11) is 4.97. The van der Waals surface area contributed by atoms with E-state index in [2.05, 4.69) is 11.4 Å². The van der Waals surface area contributed by atoms with Crippen molar-refractivity contribution in [2.75, 3.05) is 34.5 Å². The van der Waals surface area contributed by atoms with Crippen LogP contribution in [0.4, 0.5) is 0 Å². The van der Waals surface area contributed by atoms with Crippen LogP contribution in [0.1, 0.15) is 42.6 Å². The maximum absolute atomic E-state index is 13.0. The van der Waals surface area contributed by atoms with E-state index in [0.29, 0.717) is 34.8 Å². The Balaban J connectivity index is 2.07. The van der Waals surface area contributed by atoms with Crippen LogP contribution in [0.15, 0.2) is 41.8 Å². The zero-order chi connectivity index (χ0) is 24.9. The van der Waals surface area contributed by atoms with Crippen molar-refractivity contribution in [2.45, 2.75) is 32.7 Å². The highest BCUT2D eigenvalue weighted by atomic mass is 16.5. The molecule has 1 fully saturated rings. The first-order chi connectivity index (χ1) is 16.2. The summed E-state index contributed by atoms with van der Waals surface area (Å²) in [5.74, 6) is 0.490. The lowest BCUT2D eigenvalue weighted by molar-refractivity contribution is 0.0939. The Labute approximate surface area is 201 Å². The fraction of sp³-hybridized carbons (Fsp3) is 0.423. The van der Waals surface area contributed by atoms with Gasteiger partial charge in [0.25, 0.3) is 5.91 Å². The molecule has 34 heavy (non-hydrogen) atoms. The van der Waals surface area contributed by atoms with Gasteiger partial charge in [0.15, 0.2) is 0 Å². The highest BCUT2D eigenvalue weighted by Crippen LogP contribution is 2.37. The first-order valence-corrected chi connectivity index (χ1v) is 11.2. The summed E-state index contributed by atoms with van der Waals surface area (Å²) in [6, 6.07) is 6.00. The second-order valence-corrected chi connectivity index (χ2v) is 8.85. The van der Waals surface area contributed by atoms with E-state index in [1.54, 1.807) is 19.2 Å². The largest absolute Gasteiger partial charge is 0.496 e. The van der Waals surface area contributed by atoms with Gasteiger partial charge in [-0.2, -0.15) is 5.26 Å². The van der Waals surface area contributed by atoms with Gasteiger partial charge < -0.3 is 29.8 Å². The molecule has 1 aliphatic carbocycles. The molecular weight excluding hydrogens is 432 g/mol. The van der Waals surface area contributed by atoms with Gasteiger partial charge in [-0.15, -0.1) is 0 Å². The van der Waals surface area contributed by atoms with Crippen molar-refractivity contribution in [3.8, 4) is 17.6 Å². The predicted molar refractivity (Wildman–Crippen MR) is 131 cm³/mol. The fourth-order valence-corrected chi connectivity index (χ4v) is 3.59. The van der Waals surface area contributed by atoms with Gasteiger partial charge in [-0.3, -0.25) is 4.79 Å². The fourth-order valence-electron chi connectivity index (χ4n) is 3.59. The number of ether oxygens (including phenoxy) is 3. The molecular formula is C26H32N4O4. The molecule has 180 valence electrons. The van der Waals surface area contributed by atoms with Crippen LogP contribution < -0.4 is 14.8 Å². The molecule has 0 bridgehead atoms.